The molecule has 0 saturated carbocycles. The van der Waals surface area contributed by atoms with Crippen LogP contribution < -0.4 is 11.3 Å². The van der Waals surface area contributed by atoms with Crippen LogP contribution in [-0.2, 0) is 19.9 Å². The van der Waals surface area contributed by atoms with Crippen LogP contribution in [0.25, 0.3) is 0 Å². The summed E-state index contributed by atoms with van der Waals surface area (Å²) in [7, 11) is -7.42. The maximum atomic E-state index is 12.6. The Morgan fingerprint density at radius 3 is 2.62 bits per heavy atom. The zero-order valence-corrected chi connectivity index (χ0v) is 13.7. The highest BCUT2D eigenvalue weighted by molar-refractivity contribution is 8.01. The van der Waals surface area contributed by atoms with Crippen LogP contribution >= 0.6 is 11.8 Å². The van der Waals surface area contributed by atoms with Gasteiger partial charge in [-0.3, -0.25) is 0 Å². The number of nitrogens with two attached hydrogens (primary N) is 1. The van der Waals surface area contributed by atoms with Crippen molar-refractivity contribution in [3.8, 4) is 0 Å². The molecule has 0 aromatic carbocycles. The molecular formula is C10H16N4O4S3. The van der Waals surface area contributed by atoms with E-state index in [0.717, 1.165) is 16.8 Å². The van der Waals surface area contributed by atoms with Gasteiger partial charge in [-0.25, -0.2) is 27.7 Å². The molecule has 1 aliphatic rings. The Kier molecular flexibility index (Phi) is 4.78. The molecule has 1 aromatic heterocycles. The molecule has 2 rings (SSSR count). The number of rotatable bonds is 4. The predicted molar refractivity (Wildman–Crippen MR) is 81.9 cm³/mol. The van der Waals surface area contributed by atoms with Gasteiger partial charge >= 0.3 is 0 Å². The molecule has 2 heterocycles. The first-order chi connectivity index (χ1) is 9.76. The Bertz CT molecular complexity index is 702. The average molecular weight is 352 g/mol. The molecule has 3 N–H and O–H groups in total. The molecule has 118 valence electrons. The standard InChI is InChI=1S/C10H16N4O4S3/c1-20(15,16)10-7-19-5-4-14(10)21(17,18)8-2-3-9(13-11)12-6-8/h2-3,6,10H,4-5,7,11H2,1H3,(H,12,13). The molecule has 8 nitrogen and oxygen atoms in total. The van der Waals surface area contributed by atoms with Crippen molar-refractivity contribution < 1.29 is 16.8 Å². The van der Waals surface area contributed by atoms with Gasteiger partial charge in [-0.15, -0.1) is 0 Å². The number of sulfonamides is 1. The minimum atomic E-state index is -3.91. The highest BCUT2D eigenvalue weighted by Gasteiger charge is 2.39. The van der Waals surface area contributed by atoms with Crippen LogP contribution in [-0.4, -0.2) is 55.8 Å². The van der Waals surface area contributed by atoms with Crippen LogP contribution in [0.4, 0.5) is 5.82 Å². The molecule has 11 heteroatoms. The molecule has 1 atom stereocenters. The summed E-state index contributed by atoms with van der Waals surface area (Å²) in [5.41, 5.74) is 2.30. The molecule has 1 unspecified atom stereocenters. The first-order valence-corrected chi connectivity index (χ1v) is 10.5. The van der Waals surface area contributed by atoms with E-state index in [4.69, 9.17) is 5.84 Å². The number of aromatic nitrogens is 1. The van der Waals surface area contributed by atoms with Gasteiger partial charge < -0.3 is 5.43 Å². The van der Waals surface area contributed by atoms with Gasteiger partial charge in [-0.05, 0) is 12.1 Å². The van der Waals surface area contributed by atoms with Gasteiger partial charge in [-0.1, -0.05) is 0 Å². The average Bonchev–Trinajstić information content (AvgIpc) is 2.46. The first-order valence-electron chi connectivity index (χ1n) is 5.98. The minimum absolute atomic E-state index is 0.0537. The molecule has 1 aromatic rings. The van der Waals surface area contributed by atoms with Gasteiger partial charge in [-0.2, -0.15) is 16.1 Å². The Morgan fingerprint density at radius 1 is 1.38 bits per heavy atom. The Balaban J connectivity index is 2.40. The number of thioether (sulfide) groups is 1. The zero-order chi connectivity index (χ0) is 15.7. The van der Waals surface area contributed by atoms with Crippen molar-refractivity contribution in [1.29, 1.82) is 0 Å². The molecule has 0 spiro atoms. The first kappa shape index (κ1) is 16.5. The van der Waals surface area contributed by atoms with Crippen LogP contribution in [0.5, 0.6) is 0 Å². The van der Waals surface area contributed by atoms with E-state index in [1.54, 1.807) is 0 Å². The second-order valence-electron chi connectivity index (χ2n) is 4.50. The fourth-order valence-corrected chi connectivity index (χ4v) is 7.05. The number of sulfone groups is 1. The Labute approximate surface area is 128 Å². The molecule has 0 amide bonds. The summed E-state index contributed by atoms with van der Waals surface area (Å²) in [6.45, 7) is 0.154. The highest BCUT2D eigenvalue weighted by Crippen LogP contribution is 2.27. The number of hydrazine groups is 1. The van der Waals surface area contributed by atoms with Crippen molar-refractivity contribution in [3.05, 3.63) is 18.3 Å². The van der Waals surface area contributed by atoms with Gasteiger partial charge in [0.05, 0.1) is 0 Å². The maximum absolute atomic E-state index is 12.6. The van der Waals surface area contributed by atoms with Crippen molar-refractivity contribution in [2.45, 2.75) is 10.3 Å². The number of anilines is 1. The van der Waals surface area contributed by atoms with E-state index in [-0.39, 0.29) is 17.2 Å². The van der Waals surface area contributed by atoms with E-state index in [1.807, 2.05) is 0 Å². The van der Waals surface area contributed by atoms with E-state index in [2.05, 4.69) is 10.4 Å². The summed E-state index contributed by atoms with van der Waals surface area (Å²) in [5.74, 6) is 6.29. The van der Waals surface area contributed by atoms with Crippen LogP contribution in [0.2, 0.25) is 0 Å². The second-order valence-corrected chi connectivity index (χ2v) is 9.74. The van der Waals surface area contributed by atoms with Crippen LogP contribution in [0, 0.1) is 0 Å². The van der Waals surface area contributed by atoms with Crippen LogP contribution in [0.1, 0.15) is 0 Å². The van der Waals surface area contributed by atoms with E-state index in [0.29, 0.717) is 11.6 Å². The number of nitrogens with one attached hydrogen (secondary N) is 1. The van der Waals surface area contributed by atoms with E-state index >= 15 is 0 Å². The van der Waals surface area contributed by atoms with E-state index in [9.17, 15) is 16.8 Å². The third-order valence-corrected chi connectivity index (χ3v) is 7.69. The van der Waals surface area contributed by atoms with Gasteiger partial charge in [0.2, 0.25) is 10.0 Å². The predicted octanol–water partition coefficient (Wildman–Crippen LogP) is -0.525. The topological polar surface area (TPSA) is 122 Å². The maximum Gasteiger partial charge on any atom is 0.245 e. The lowest BCUT2D eigenvalue weighted by molar-refractivity contribution is 0.405. The molecule has 21 heavy (non-hydrogen) atoms. The van der Waals surface area contributed by atoms with Gasteiger partial charge in [0.25, 0.3) is 0 Å². The van der Waals surface area contributed by atoms with E-state index in [1.165, 1.54) is 23.9 Å². The molecule has 0 aliphatic carbocycles. The molecule has 1 fully saturated rings. The largest absolute Gasteiger partial charge is 0.308 e. The number of nitrogen functional groups attached to an aromatic ring is 1. The number of hydrogen-bond donors (Lipinski definition) is 2. The number of pyridine rings is 1. The third kappa shape index (κ3) is 3.48. The third-order valence-electron chi connectivity index (χ3n) is 3.02. The van der Waals surface area contributed by atoms with Crippen molar-refractivity contribution in [2.24, 2.45) is 5.84 Å². The fraction of sp³-hybridized carbons (Fsp3) is 0.500. The molecule has 1 aliphatic heterocycles. The smallest absolute Gasteiger partial charge is 0.245 e. The normalized spacial score (nSPS) is 21.1. The molecule has 0 radical (unpaired) electrons. The summed E-state index contributed by atoms with van der Waals surface area (Å²) in [4.78, 5) is 3.80. The van der Waals surface area contributed by atoms with Crippen LogP contribution in [0.15, 0.2) is 23.2 Å². The van der Waals surface area contributed by atoms with Gasteiger partial charge in [0.15, 0.2) is 9.84 Å². The quantitative estimate of drug-likeness (QED) is 0.548. The van der Waals surface area contributed by atoms with Crippen molar-refractivity contribution in [1.82, 2.24) is 9.29 Å². The lowest BCUT2D eigenvalue weighted by Crippen LogP contribution is -2.49. The van der Waals surface area contributed by atoms with Gasteiger partial charge in [0, 0.05) is 30.5 Å². The SMILES string of the molecule is CS(=O)(=O)C1CSCCN1S(=O)(=O)c1ccc(NN)nc1. The van der Waals surface area contributed by atoms with Crippen molar-refractivity contribution >= 4 is 37.4 Å². The number of nitrogens with zero attached hydrogens (tertiary/aromatic N) is 2. The Hall–Kier alpha value is -0.880. The minimum Gasteiger partial charge on any atom is -0.308 e. The Morgan fingerprint density at radius 2 is 2.10 bits per heavy atom. The lowest BCUT2D eigenvalue weighted by Gasteiger charge is -2.32. The fourth-order valence-electron chi connectivity index (χ4n) is 1.93. The summed E-state index contributed by atoms with van der Waals surface area (Å²) >= 11 is 1.42. The zero-order valence-electron chi connectivity index (χ0n) is 11.3. The summed E-state index contributed by atoms with van der Waals surface area (Å²) in [6, 6.07) is 2.76. The monoisotopic (exact) mass is 352 g/mol. The van der Waals surface area contributed by atoms with E-state index < -0.39 is 25.2 Å². The molecule has 1 saturated heterocycles. The van der Waals surface area contributed by atoms with Crippen molar-refractivity contribution in [3.63, 3.8) is 0 Å². The van der Waals surface area contributed by atoms with Gasteiger partial charge in [0.1, 0.15) is 16.1 Å². The van der Waals surface area contributed by atoms with Crippen molar-refractivity contribution in [2.75, 3.05) is 29.7 Å². The summed E-state index contributed by atoms with van der Waals surface area (Å²) < 4.78 is 49.9. The molecule has 0 bridgehead atoms. The highest BCUT2D eigenvalue weighted by atomic mass is 32.2. The second kappa shape index (κ2) is 6.08. The lowest BCUT2D eigenvalue weighted by atomic mass is 10.5. The van der Waals surface area contributed by atoms with Crippen LogP contribution in [0.3, 0.4) is 0 Å². The summed E-state index contributed by atoms with van der Waals surface area (Å²) in [6.07, 6.45) is 2.21. The number of hydrogen-bond acceptors (Lipinski definition) is 8. The molecular weight excluding hydrogens is 336 g/mol. The summed E-state index contributed by atoms with van der Waals surface area (Å²) in [5, 5.41) is -1.05.